The lowest BCUT2D eigenvalue weighted by Crippen LogP contribution is -2.14. The Hall–Kier alpha value is -1.42. The lowest BCUT2D eigenvalue weighted by atomic mass is 9.97. The van der Waals surface area contributed by atoms with Crippen molar-refractivity contribution >= 4 is 11.8 Å². The van der Waals surface area contributed by atoms with Crippen molar-refractivity contribution in [2.45, 2.75) is 25.4 Å². The molecule has 1 unspecified atom stereocenters. The van der Waals surface area contributed by atoms with E-state index in [1.165, 1.54) is 0 Å². The van der Waals surface area contributed by atoms with Gasteiger partial charge in [-0.2, -0.15) is 0 Å². The minimum Gasteiger partial charge on any atom is -0.481 e. The first-order chi connectivity index (χ1) is 6.59. The van der Waals surface area contributed by atoms with E-state index in [4.69, 9.17) is 5.11 Å². The van der Waals surface area contributed by atoms with E-state index in [-0.39, 0.29) is 25.0 Å². The van der Waals surface area contributed by atoms with Crippen LogP contribution < -0.4 is 0 Å². The highest BCUT2D eigenvalue weighted by Gasteiger charge is 2.15. The van der Waals surface area contributed by atoms with Crippen LogP contribution in [0.2, 0.25) is 0 Å². The Morgan fingerprint density at radius 2 is 2.14 bits per heavy atom. The third-order valence-electron chi connectivity index (χ3n) is 1.98. The quantitative estimate of drug-likeness (QED) is 0.692. The Labute approximate surface area is 81.6 Å². The number of aliphatic carboxylic acids is 1. The van der Waals surface area contributed by atoms with E-state index in [0.29, 0.717) is 5.57 Å². The summed E-state index contributed by atoms with van der Waals surface area (Å²) >= 11 is 0. The van der Waals surface area contributed by atoms with E-state index < -0.39 is 12.1 Å². The Kier molecular flexibility index (Phi) is 3.59. The molecule has 1 rings (SSSR count). The zero-order chi connectivity index (χ0) is 10.6. The van der Waals surface area contributed by atoms with Crippen LogP contribution in [0.25, 0.3) is 0 Å². The van der Waals surface area contributed by atoms with Gasteiger partial charge >= 0.3 is 5.97 Å². The molecule has 0 aromatic heterocycles. The van der Waals surface area contributed by atoms with Crippen molar-refractivity contribution in [1.29, 1.82) is 0 Å². The normalized spacial score (nSPS) is 20.4. The van der Waals surface area contributed by atoms with Crippen molar-refractivity contribution in [2.24, 2.45) is 0 Å². The smallest absolute Gasteiger partial charge is 0.303 e. The maximum atomic E-state index is 11.4. The van der Waals surface area contributed by atoms with Crippen LogP contribution in [0, 0.1) is 0 Å². The monoisotopic (exact) mass is 196 g/mol. The molecule has 0 heterocycles. The summed E-state index contributed by atoms with van der Waals surface area (Å²) < 4.78 is 0. The van der Waals surface area contributed by atoms with Gasteiger partial charge < -0.3 is 10.2 Å². The van der Waals surface area contributed by atoms with E-state index in [1.807, 2.05) is 0 Å². The number of carbonyl (C=O) groups excluding carboxylic acids is 1. The number of carboxylic acids is 1. The molecule has 0 spiro atoms. The molecule has 1 atom stereocenters. The predicted octanol–water partition coefficient (Wildman–Crippen LogP) is 0.667. The molecule has 0 radical (unpaired) electrons. The van der Waals surface area contributed by atoms with Gasteiger partial charge in [-0.1, -0.05) is 18.2 Å². The lowest BCUT2D eigenvalue weighted by molar-refractivity contribution is -0.138. The maximum Gasteiger partial charge on any atom is 0.303 e. The van der Waals surface area contributed by atoms with Crippen molar-refractivity contribution in [1.82, 2.24) is 0 Å². The lowest BCUT2D eigenvalue weighted by Gasteiger charge is -2.11. The first-order valence-corrected chi connectivity index (χ1v) is 4.40. The van der Waals surface area contributed by atoms with Crippen LogP contribution in [-0.4, -0.2) is 28.1 Å². The van der Waals surface area contributed by atoms with Crippen molar-refractivity contribution in [2.75, 3.05) is 0 Å². The van der Waals surface area contributed by atoms with Gasteiger partial charge in [0.05, 0.1) is 12.5 Å². The number of aliphatic hydroxyl groups is 1. The molecule has 1 aliphatic rings. The number of Topliss-reactive ketones (excluding diaryl/α,β-unsaturated/α-hetero) is 1. The molecule has 76 valence electrons. The Balaban J connectivity index is 2.49. The number of carboxylic acid groups (broad SMARTS) is 1. The van der Waals surface area contributed by atoms with Gasteiger partial charge in [-0.05, 0) is 5.57 Å². The highest BCUT2D eigenvalue weighted by molar-refractivity contribution is 5.97. The van der Waals surface area contributed by atoms with Gasteiger partial charge in [0.1, 0.15) is 0 Å². The Morgan fingerprint density at radius 3 is 2.71 bits per heavy atom. The predicted molar refractivity (Wildman–Crippen MR) is 49.7 cm³/mol. The summed E-state index contributed by atoms with van der Waals surface area (Å²) in [5.41, 5.74) is 0.501. The summed E-state index contributed by atoms with van der Waals surface area (Å²) in [6.07, 6.45) is 4.34. The average molecular weight is 196 g/mol. The third kappa shape index (κ3) is 3.14. The molecule has 0 fully saturated rings. The van der Waals surface area contributed by atoms with Crippen molar-refractivity contribution < 1.29 is 19.8 Å². The number of hydrogen-bond donors (Lipinski definition) is 2. The zero-order valence-corrected chi connectivity index (χ0v) is 7.64. The second-order valence-corrected chi connectivity index (χ2v) is 3.17. The Morgan fingerprint density at radius 1 is 1.43 bits per heavy atom. The molecule has 0 aromatic carbocycles. The fraction of sp³-hybridized carbons (Fsp3) is 0.400. The van der Waals surface area contributed by atoms with Crippen molar-refractivity contribution in [3.05, 3.63) is 23.8 Å². The fourth-order valence-corrected chi connectivity index (χ4v) is 1.25. The van der Waals surface area contributed by atoms with Gasteiger partial charge in [-0.15, -0.1) is 0 Å². The van der Waals surface area contributed by atoms with Crippen LogP contribution in [0.1, 0.15) is 19.3 Å². The summed E-state index contributed by atoms with van der Waals surface area (Å²) in [6, 6.07) is 0. The SMILES string of the molecule is O=C(O)CCC(=O)C1=CC=CC(O)C1. The van der Waals surface area contributed by atoms with Gasteiger partial charge in [0.15, 0.2) is 5.78 Å². The minimum absolute atomic E-state index is 0.00171. The molecule has 14 heavy (non-hydrogen) atoms. The summed E-state index contributed by atoms with van der Waals surface area (Å²) in [7, 11) is 0. The fourth-order valence-electron chi connectivity index (χ4n) is 1.25. The van der Waals surface area contributed by atoms with E-state index in [2.05, 4.69) is 0 Å². The first kappa shape index (κ1) is 10.7. The van der Waals surface area contributed by atoms with Crippen molar-refractivity contribution in [3.63, 3.8) is 0 Å². The number of allylic oxidation sites excluding steroid dienone is 2. The van der Waals surface area contributed by atoms with Gasteiger partial charge in [0.2, 0.25) is 0 Å². The maximum absolute atomic E-state index is 11.4. The molecule has 4 heteroatoms. The molecule has 1 aliphatic carbocycles. The van der Waals surface area contributed by atoms with Crippen molar-refractivity contribution in [3.8, 4) is 0 Å². The number of rotatable bonds is 4. The largest absolute Gasteiger partial charge is 0.481 e. The molecule has 0 amide bonds. The molecule has 2 N–H and O–H groups in total. The van der Waals surface area contributed by atoms with Crippen LogP contribution in [0.5, 0.6) is 0 Å². The third-order valence-corrected chi connectivity index (χ3v) is 1.98. The first-order valence-electron chi connectivity index (χ1n) is 4.40. The highest BCUT2D eigenvalue weighted by atomic mass is 16.4. The standard InChI is InChI=1S/C10H12O4/c11-8-3-1-2-7(6-8)9(12)4-5-10(13)14/h1-3,8,11H,4-6H2,(H,13,14). The molecule has 0 saturated heterocycles. The number of hydrogen-bond acceptors (Lipinski definition) is 3. The topological polar surface area (TPSA) is 74.6 Å². The number of ketones is 1. The minimum atomic E-state index is -0.981. The molecule has 0 bridgehead atoms. The molecule has 0 aromatic rings. The molecular formula is C10H12O4. The average Bonchev–Trinajstić information content (AvgIpc) is 2.14. The van der Waals surface area contributed by atoms with Gasteiger partial charge in [0.25, 0.3) is 0 Å². The summed E-state index contributed by atoms with van der Waals surface area (Å²) in [5, 5.41) is 17.6. The van der Waals surface area contributed by atoms with Crippen LogP contribution >= 0.6 is 0 Å². The highest BCUT2D eigenvalue weighted by Crippen LogP contribution is 2.15. The van der Waals surface area contributed by atoms with E-state index in [1.54, 1.807) is 18.2 Å². The number of carbonyl (C=O) groups is 2. The molecular weight excluding hydrogens is 184 g/mol. The molecule has 4 nitrogen and oxygen atoms in total. The Bertz CT molecular complexity index is 301. The number of aliphatic hydroxyl groups excluding tert-OH is 1. The van der Waals surface area contributed by atoms with Crippen LogP contribution in [0.3, 0.4) is 0 Å². The van der Waals surface area contributed by atoms with Gasteiger partial charge in [-0.25, -0.2) is 0 Å². The second-order valence-electron chi connectivity index (χ2n) is 3.17. The van der Waals surface area contributed by atoms with Crippen LogP contribution in [0.4, 0.5) is 0 Å². The summed E-state index contributed by atoms with van der Waals surface area (Å²) in [5.74, 6) is -1.18. The molecule has 0 aliphatic heterocycles. The van der Waals surface area contributed by atoms with E-state index >= 15 is 0 Å². The molecule has 0 saturated carbocycles. The summed E-state index contributed by atoms with van der Waals surface area (Å²) in [6.45, 7) is 0. The second kappa shape index (κ2) is 4.72. The van der Waals surface area contributed by atoms with Crippen LogP contribution in [0.15, 0.2) is 23.8 Å². The van der Waals surface area contributed by atoms with Gasteiger partial charge in [0, 0.05) is 12.8 Å². The zero-order valence-electron chi connectivity index (χ0n) is 7.64. The van der Waals surface area contributed by atoms with Crippen LogP contribution in [-0.2, 0) is 9.59 Å². The van der Waals surface area contributed by atoms with E-state index in [9.17, 15) is 14.7 Å². The van der Waals surface area contributed by atoms with Gasteiger partial charge in [-0.3, -0.25) is 9.59 Å². The summed E-state index contributed by atoms with van der Waals surface area (Å²) in [4.78, 5) is 21.6. The van der Waals surface area contributed by atoms with E-state index in [0.717, 1.165) is 0 Å².